The van der Waals surface area contributed by atoms with E-state index in [1.807, 2.05) is 35.2 Å². The van der Waals surface area contributed by atoms with Crippen molar-refractivity contribution < 1.29 is 4.79 Å². The molecule has 7 nitrogen and oxygen atoms in total. The Hall–Kier alpha value is -3.22. The van der Waals surface area contributed by atoms with E-state index >= 15 is 0 Å². The number of rotatable bonds is 3. The summed E-state index contributed by atoms with van der Waals surface area (Å²) in [6, 6.07) is 7.42. The smallest absolute Gasteiger partial charge is 0.256 e. The Morgan fingerprint density at radius 3 is 2.65 bits per heavy atom. The average molecular weight is 347 g/mol. The lowest BCUT2D eigenvalue weighted by molar-refractivity contribution is 0.0750. The van der Waals surface area contributed by atoms with Crippen molar-refractivity contribution in [3.05, 3.63) is 75.9 Å². The van der Waals surface area contributed by atoms with Crippen LogP contribution in [0.1, 0.15) is 46.2 Å². The normalized spacial score (nSPS) is 15.9. The van der Waals surface area contributed by atoms with Gasteiger partial charge in [0.15, 0.2) is 0 Å². The summed E-state index contributed by atoms with van der Waals surface area (Å²) in [6.07, 6.45) is 7.52. The van der Waals surface area contributed by atoms with Crippen LogP contribution in [0.2, 0.25) is 0 Å². The molecular weight excluding hydrogens is 330 g/mol. The molecule has 1 aliphatic carbocycles. The summed E-state index contributed by atoms with van der Waals surface area (Å²) in [5.74, 6) is 1.76. The van der Waals surface area contributed by atoms with E-state index in [4.69, 9.17) is 0 Å². The van der Waals surface area contributed by atoms with Crippen LogP contribution in [-0.2, 0) is 13.1 Å². The summed E-state index contributed by atoms with van der Waals surface area (Å²) in [5.41, 5.74) is 1.71. The number of nitrogens with zero attached hydrogens (tertiary/aromatic N) is 4. The van der Waals surface area contributed by atoms with Crippen molar-refractivity contribution >= 4 is 5.91 Å². The number of carbonyl (C=O) groups excluding carboxylic acids is 1. The van der Waals surface area contributed by atoms with Crippen molar-refractivity contribution in [1.82, 2.24) is 24.4 Å². The lowest BCUT2D eigenvalue weighted by Gasteiger charge is -2.15. The number of amides is 1. The van der Waals surface area contributed by atoms with Crippen LogP contribution in [0.3, 0.4) is 0 Å². The van der Waals surface area contributed by atoms with Crippen LogP contribution in [0.4, 0.5) is 0 Å². The maximum Gasteiger partial charge on any atom is 0.256 e. The van der Waals surface area contributed by atoms with Crippen molar-refractivity contribution in [2.45, 2.75) is 31.8 Å². The van der Waals surface area contributed by atoms with Gasteiger partial charge in [-0.1, -0.05) is 0 Å². The number of aromatic nitrogens is 4. The van der Waals surface area contributed by atoms with Gasteiger partial charge < -0.3 is 14.5 Å². The van der Waals surface area contributed by atoms with Gasteiger partial charge in [-0.2, -0.15) is 0 Å². The zero-order valence-corrected chi connectivity index (χ0v) is 14.1. The predicted molar refractivity (Wildman–Crippen MR) is 94.0 cm³/mol. The second-order valence-electron chi connectivity index (χ2n) is 6.81. The van der Waals surface area contributed by atoms with Crippen molar-refractivity contribution in [2.24, 2.45) is 0 Å². The van der Waals surface area contributed by atoms with E-state index in [0.717, 1.165) is 30.2 Å². The second kappa shape index (κ2) is 5.66. The van der Waals surface area contributed by atoms with Gasteiger partial charge in [0.25, 0.3) is 11.5 Å². The van der Waals surface area contributed by atoms with Crippen LogP contribution in [0.5, 0.6) is 0 Å². The third-order valence-electron chi connectivity index (χ3n) is 4.92. The number of H-pyrrole nitrogens is 1. The third kappa shape index (κ3) is 2.52. The van der Waals surface area contributed by atoms with Crippen LogP contribution < -0.4 is 5.56 Å². The summed E-state index contributed by atoms with van der Waals surface area (Å²) in [5, 5.41) is 0. The van der Waals surface area contributed by atoms with Crippen LogP contribution in [0.15, 0.2) is 47.7 Å². The predicted octanol–water partition coefficient (Wildman–Crippen LogP) is 1.99. The largest absolute Gasteiger partial charge is 0.328 e. The van der Waals surface area contributed by atoms with Crippen molar-refractivity contribution in [2.75, 3.05) is 0 Å². The molecular formula is C19H17N5O2. The fourth-order valence-electron chi connectivity index (χ4n) is 3.31. The number of carbonyl (C=O) groups is 1. The SMILES string of the molecule is O=C(c1ccc(-n2cccc2)nc1)N1Cc2nc(C3CC3)[nH]c(=O)c2C1. The highest BCUT2D eigenvalue weighted by molar-refractivity contribution is 5.94. The third-order valence-corrected chi connectivity index (χ3v) is 4.92. The molecule has 0 saturated heterocycles. The standard InChI is InChI=1S/C19H17N5O2/c25-18-14-10-24(11-15(14)21-17(22-18)12-3-4-12)19(26)13-5-6-16(20-9-13)23-7-1-2-8-23/h1-2,5-9,12H,3-4,10-11H2,(H,21,22,25). The zero-order chi connectivity index (χ0) is 17.7. The minimum absolute atomic E-state index is 0.117. The first kappa shape index (κ1) is 15.1. The van der Waals surface area contributed by atoms with Gasteiger partial charge in [-0.25, -0.2) is 9.97 Å². The van der Waals surface area contributed by atoms with Gasteiger partial charge in [-0.3, -0.25) is 9.59 Å². The Kier molecular flexibility index (Phi) is 3.28. The number of fused-ring (bicyclic) bond motifs is 1. The number of hydrogen-bond acceptors (Lipinski definition) is 4. The molecule has 0 spiro atoms. The van der Waals surface area contributed by atoms with Crippen molar-refractivity contribution in [3.8, 4) is 5.82 Å². The Bertz CT molecular complexity index is 1030. The number of aromatic amines is 1. The molecule has 4 heterocycles. The molecule has 1 N–H and O–H groups in total. The fraction of sp³-hybridized carbons (Fsp3) is 0.263. The first-order valence-electron chi connectivity index (χ1n) is 8.69. The highest BCUT2D eigenvalue weighted by Crippen LogP contribution is 2.38. The van der Waals surface area contributed by atoms with Crippen molar-refractivity contribution in [3.63, 3.8) is 0 Å². The van der Waals surface area contributed by atoms with Gasteiger partial charge >= 0.3 is 0 Å². The molecule has 5 rings (SSSR count). The highest BCUT2D eigenvalue weighted by Gasteiger charge is 2.32. The van der Waals surface area contributed by atoms with Gasteiger partial charge in [0.1, 0.15) is 11.6 Å². The Labute approximate surface area is 149 Å². The van der Waals surface area contributed by atoms with Crippen LogP contribution in [0, 0.1) is 0 Å². The maximum absolute atomic E-state index is 12.8. The van der Waals surface area contributed by atoms with Gasteiger partial charge in [-0.15, -0.1) is 0 Å². The molecule has 0 aromatic carbocycles. The van der Waals surface area contributed by atoms with Crippen LogP contribution in [0.25, 0.3) is 5.82 Å². The molecule has 3 aromatic rings. The van der Waals surface area contributed by atoms with Crippen LogP contribution in [-0.4, -0.2) is 30.3 Å². The monoisotopic (exact) mass is 347 g/mol. The van der Waals surface area contributed by atoms with E-state index in [2.05, 4.69) is 15.0 Å². The van der Waals surface area contributed by atoms with Gasteiger partial charge in [-0.05, 0) is 37.1 Å². The molecule has 1 saturated carbocycles. The molecule has 0 radical (unpaired) electrons. The molecule has 130 valence electrons. The lowest BCUT2D eigenvalue weighted by atomic mass is 10.2. The summed E-state index contributed by atoms with van der Waals surface area (Å²) in [6.45, 7) is 0.665. The summed E-state index contributed by atoms with van der Waals surface area (Å²) >= 11 is 0. The van der Waals surface area contributed by atoms with E-state index in [-0.39, 0.29) is 11.5 Å². The average Bonchev–Trinajstić information content (AvgIpc) is 3.19. The van der Waals surface area contributed by atoms with E-state index in [9.17, 15) is 9.59 Å². The maximum atomic E-state index is 12.8. The zero-order valence-electron chi connectivity index (χ0n) is 14.1. The molecule has 3 aromatic heterocycles. The Balaban J connectivity index is 1.38. The molecule has 26 heavy (non-hydrogen) atoms. The molecule has 0 atom stereocenters. The topological polar surface area (TPSA) is 83.9 Å². The molecule has 1 aliphatic heterocycles. The summed E-state index contributed by atoms with van der Waals surface area (Å²) < 4.78 is 1.88. The Morgan fingerprint density at radius 2 is 1.96 bits per heavy atom. The molecule has 0 unspecified atom stereocenters. The van der Waals surface area contributed by atoms with E-state index < -0.39 is 0 Å². The minimum atomic E-state index is -0.137. The highest BCUT2D eigenvalue weighted by atomic mass is 16.2. The van der Waals surface area contributed by atoms with E-state index in [0.29, 0.717) is 30.1 Å². The number of nitrogens with one attached hydrogen (secondary N) is 1. The number of pyridine rings is 1. The molecule has 7 heteroatoms. The van der Waals surface area contributed by atoms with E-state index in [1.54, 1.807) is 17.2 Å². The lowest BCUT2D eigenvalue weighted by Crippen LogP contribution is -2.26. The molecule has 1 amide bonds. The fourth-order valence-corrected chi connectivity index (χ4v) is 3.31. The summed E-state index contributed by atoms with van der Waals surface area (Å²) in [4.78, 5) is 38.6. The second-order valence-corrected chi connectivity index (χ2v) is 6.81. The molecule has 2 aliphatic rings. The quantitative estimate of drug-likeness (QED) is 0.785. The van der Waals surface area contributed by atoms with E-state index in [1.165, 1.54) is 0 Å². The number of hydrogen-bond donors (Lipinski definition) is 1. The molecule has 1 fully saturated rings. The minimum Gasteiger partial charge on any atom is -0.328 e. The van der Waals surface area contributed by atoms with Crippen LogP contribution >= 0.6 is 0 Å². The summed E-state index contributed by atoms with van der Waals surface area (Å²) in [7, 11) is 0. The van der Waals surface area contributed by atoms with Gasteiger partial charge in [0, 0.05) is 24.5 Å². The first-order chi connectivity index (χ1) is 12.7. The van der Waals surface area contributed by atoms with Crippen molar-refractivity contribution in [1.29, 1.82) is 0 Å². The van der Waals surface area contributed by atoms with Gasteiger partial charge in [0.05, 0.1) is 29.9 Å². The first-order valence-corrected chi connectivity index (χ1v) is 8.69. The molecule has 0 bridgehead atoms. The Morgan fingerprint density at radius 1 is 1.15 bits per heavy atom. The van der Waals surface area contributed by atoms with Gasteiger partial charge in [0.2, 0.25) is 0 Å².